The summed E-state index contributed by atoms with van der Waals surface area (Å²) in [5.74, 6) is 1.11. The first-order chi connectivity index (χ1) is 11.7. The van der Waals surface area contributed by atoms with Gasteiger partial charge in [0, 0.05) is 17.8 Å². The second-order valence-corrected chi connectivity index (χ2v) is 6.31. The van der Waals surface area contributed by atoms with Crippen LogP contribution in [0.1, 0.15) is 19.4 Å². The van der Waals surface area contributed by atoms with Crippen LogP contribution in [-0.2, 0) is 4.79 Å². The predicted octanol–water partition coefficient (Wildman–Crippen LogP) is 3.41. The van der Waals surface area contributed by atoms with Gasteiger partial charge in [-0.2, -0.15) is 0 Å². The highest BCUT2D eigenvalue weighted by molar-refractivity contribution is 6.04. The minimum absolute atomic E-state index is 0.0155. The molecule has 0 fully saturated rings. The van der Waals surface area contributed by atoms with Crippen molar-refractivity contribution in [2.75, 3.05) is 18.4 Å². The predicted molar refractivity (Wildman–Crippen MR) is 98.2 cm³/mol. The van der Waals surface area contributed by atoms with E-state index in [0.29, 0.717) is 0 Å². The summed E-state index contributed by atoms with van der Waals surface area (Å²) in [5.41, 5.74) is 1.89. The molecule has 3 rings (SSSR count). The quantitative estimate of drug-likeness (QED) is 0.917. The number of nitrogens with zero attached hydrogens (tertiary/aromatic N) is 2. The van der Waals surface area contributed by atoms with Crippen LogP contribution in [0.2, 0.25) is 0 Å². The van der Waals surface area contributed by atoms with Crippen molar-refractivity contribution in [3.8, 4) is 0 Å². The molecular weight excluding hydrogens is 298 g/mol. The number of amides is 1. The molecule has 0 spiro atoms. The smallest absolute Gasteiger partial charge is 0.247 e. The van der Waals surface area contributed by atoms with Gasteiger partial charge in [-0.3, -0.25) is 9.79 Å². The maximum absolute atomic E-state index is 12.9. The number of hydrogen-bond acceptors (Lipinski definition) is 3. The molecule has 1 atom stereocenters. The van der Waals surface area contributed by atoms with Gasteiger partial charge in [-0.25, -0.2) is 0 Å². The zero-order valence-corrected chi connectivity index (χ0v) is 14.1. The monoisotopic (exact) mass is 321 g/mol. The lowest BCUT2D eigenvalue weighted by atomic mass is 10.00. The molecular formula is C20H23N3O. The maximum Gasteiger partial charge on any atom is 0.247 e. The van der Waals surface area contributed by atoms with E-state index in [-0.39, 0.29) is 17.9 Å². The molecule has 1 unspecified atom stereocenters. The summed E-state index contributed by atoms with van der Waals surface area (Å²) in [6.07, 6.45) is 0. The van der Waals surface area contributed by atoms with E-state index in [1.807, 2.05) is 60.7 Å². The number of nitrogens with one attached hydrogen (secondary N) is 1. The van der Waals surface area contributed by atoms with Crippen LogP contribution in [0.4, 0.5) is 5.69 Å². The maximum atomic E-state index is 12.9. The van der Waals surface area contributed by atoms with Gasteiger partial charge in [0.2, 0.25) is 5.91 Å². The van der Waals surface area contributed by atoms with Crippen molar-refractivity contribution in [3.63, 3.8) is 0 Å². The van der Waals surface area contributed by atoms with Crippen molar-refractivity contribution in [2.24, 2.45) is 10.9 Å². The van der Waals surface area contributed by atoms with E-state index in [0.717, 1.165) is 30.2 Å². The second-order valence-electron chi connectivity index (χ2n) is 6.31. The summed E-state index contributed by atoms with van der Waals surface area (Å²) in [6.45, 7) is 5.66. The third-order valence-corrected chi connectivity index (χ3v) is 4.18. The molecule has 0 saturated carbocycles. The molecule has 124 valence electrons. The first-order valence-electron chi connectivity index (χ1n) is 8.39. The summed E-state index contributed by atoms with van der Waals surface area (Å²) in [6, 6.07) is 19.4. The van der Waals surface area contributed by atoms with Gasteiger partial charge in [0.15, 0.2) is 0 Å². The highest BCUT2D eigenvalue weighted by Gasteiger charge is 2.33. The van der Waals surface area contributed by atoms with Crippen LogP contribution in [-0.4, -0.2) is 35.8 Å². The summed E-state index contributed by atoms with van der Waals surface area (Å²) in [7, 11) is 0. The average molecular weight is 321 g/mol. The fourth-order valence-corrected chi connectivity index (χ4v) is 3.12. The Bertz CT molecular complexity index is 710. The lowest BCUT2D eigenvalue weighted by Gasteiger charge is -2.32. The molecule has 1 aliphatic heterocycles. The Hall–Kier alpha value is -2.62. The normalized spacial score (nSPS) is 15.3. The minimum Gasteiger partial charge on any atom is -0.342 e. The third kappa shape index (κ3) is 3.48. The SMILES string of the molecule is CC(C)C(C(=O)Nc1ccccc1)N1CCN=C1c1ccccc1. The zero-order chi connectivity index (χ0) is 16.9. The molecule has 1 aliphatic rings. The van der Waals surface area contributed by atoms with Gasteiger partial charge in [-0.05, 0) is 18.1 Å². The zero-order valence-electron chi connectivity index (χ0n) is 14.1. The fourth-order valence-electron chi connectivity index (χ4n) is 3.12. The largest absolute Gasteiger partial charge is 0.342 e. The van der Waals surface area contributed by atoms with Crippen molar-refractivity contribution >= 4 is 17.4 Å². The van der Waals surface area contributed by atoms with Crippen molar-refractivity contribution in [1.29, 1.82) is 0 Å². The van der Waals surface area contributed by atoms with Crippen LogP contribution in [0.25, 0.3) is 0 Å². The van der Waals surface area contributed by atoms with E-state index in [4.69, 9.17) is 0 Å². The number of aliphatic imine (C=N–C) groups is 1. The molecule has 2 aromatic rings. The standard InChI is InChI=1S/C20H23N3O/c1-15(2)18(20(24)22-17-11-7-4-8-12-17)23-14-13-21-19(23)16-9-5-3-6-10-16/h3-12,15,18H,13-14H2,1-2H3,(H,22,24). The number of anilines is 1. The lowest BCUT2D eigenvalue weighted by molar-refractivity contribution is -0.121. The Kier molecular flexibility index (Phi) is 4.94. The molecule has 4 heteroatoms. The van der Waals surface area contributed by atoms with Gasteiger partial charge in [-0.15, -0.1) is 0 Å². The molecule has 0 saturated heterocycles. The van der Waals surface area contributed by atoms with Crippen molar-refractivity contribution in [3.05, 3.63) is 66.2 Å². The number of para-hydroxylation sites is 1. The van der Waals surface area contributed by atoms with E-state index in [2.05, 4.69) is 29.1 Å². The highest BCUT2D eigenvalue weighted by atomic mass is 16.2. The molecule has 0 aromatic heterocycles. The van der Waals surface area contributed by atoms with Gasteiger partial charge in [0.25, 0.3) is 0 Å². The number of carbonyl (C=O) groups excluding carboxylic acids is 1. The highest BCUT2D eigenvalue weighted by Crippen LogP contribution is 2.21. The van der Waals surface area contributed by atoms with Gasteiger partial charge in [0.05, 0.1) is 6.54 Å². The number of amidine groups is 1. The Morgan fingerprint density at radius 2 is 1.67 bits per heavy atom. The van der Waals surface area contributed by atoms with Crippen molar-refractivity contribution in [2.45, 2.75) is 19.9 Å². The van der Waals surface area contributed by atoms with Crippen LogP contribution in [0.15, 0.2) is 65.7 Å². The number of hydrogen-bond donors (Lipinski definition) is 1. The molecule has 1 amide bonds. The Morgan fingerprint density at radius 1 is 1.04 bits per heavy atom. The van der Waals surface area contributed by atoms with E-state index in [1.54, 1.807) is 0 Å². The van der Waals surface area contributed by atoms with Gasteiger partial charge < -0.3 is 10.2 Å². The molecule has 4 nitrogen and oxygen atoms in total. The summed E-state index contributed by atoms with van der Waals surface area (Å²) in [5, 5.41) is 3.04. The molecule has 0 aliphatic carbocycles. The van der Waals surface area contributed by atoms with E-state index >= 15 is 0 Å². The molecule has 1 heterocycles. The van der Waals surface area contributed by atoms with Crippen molar-refractivity contribution in [1.82, 2.24) is 4.90 Å². The van der Waals surface area contributed by atoms with Gasteiger partial charge >= 0.3 is 0 Å². The van der Waals surface area contributed by atoms with Crippen LogP contribution < -0.4 is 5.32 Å². The minimum atomic E-state index is -0.244. The number of benzene rings is 2. The van der Waals surface area contributed by atoms with E-state index < -0.39 is 0 Å². The average Bonchev–Trinajstić information content (AvgIpc) is 3.05. The van der Waals surface area contributed by atoms with Gasteiger partial charge in [-0.1, -0.05) is 62.4 Å². The van der Waals surface area contributed by atoms with E-state index in [1.165, 1.54) is 0 Å². The number of rotatable bonds is 5. The second kappa shape index (κ2) is 7.30. The van der Waals surface area contributed by atoms with Crippen LogP contribution in [0.5, 0.6) is 0 Å². The molecule has 1 N–H and O–H groups in total. The topological polar surface area (TPSA) is 44.7 Å². The Balaban J connectivity index is 1.83. The summed E-state index contributed by atoms with van der Waals surface area (Å²) < 4.78 is 0. The van der Waals surface area contributed by atoms with Crippen molar-refractivity contribution < 1.29 is 4.79 Å². The van der Waals surface area contributed by atoms with Gasteiger partial charge in [0.1, 0.15) is 11.9 Å². The molecule has 0 radical (unpaired) electrons. The first-order valence-corrected chi connectivity index (χ1v) is 8.39. The van der Waals surface area contributed by atoms with Crippen LogP contribution in [0.3, 0.4) is 0 Å². The Labute approximate surface area is 143 Å². The summed E-state index contributed by atoms with van der Waals surface area (Å²) >= 11 is 0. The van der Waals surface area contributed by atoms with Crippen LogP contribution in [0, 0.1) is 5.92 Å². The fraction of sp³-hybridized carbons (Fsp3) is 0.300. The third-order valence-electron chi connectivity index (χ3n) is 4.18. The molecule has 24 heavy (non-hydrogen) atoms. The van der Waals surface area contributed by atoms with E-state index in [9.17, 15) is 4.79 Å². The Morgan fingerprint density at radius 3 is 2.29 bits per heavy atom. The molecule has 0 bridgehead atoms. The summed E-state index contributed by atoms with van der Waals surface area (Å²) in [4.78, 5) is 19.7. The number of carbonyl (C=O) groups is 1. The van der Waals surface area contributed by atoms with Crippen LogP contribution >= 0.6 is 0 Å². The first kappa shape index (κ1) is 16.2. The lowest BCUT2D eigenvalue weighted by Crippen LogP contribution is -2.49. The molecule has 2 aromatic carbocycles.